The topological polar surface area (TPSA) is 116 Å². The summed E-state index contributed by atoms with van der Waals surface area (Å²) >= 11 is 0. The lowest BCUT2D eigenvalue weighted by Crippen LogP contribution is -2.46. The maximum Gasteiger partial charge on any atom is 0.167 e. The van der Waals surface area contributed by atoms with Gasteiger partial charge in [0.1, 0.15) is 35.6 Å². The van der Waals surface area contributed by atoms with E-state index in [9.17, 15) is 10.2 Å². The van der Waals surface area contributed by atoms with Crippen LogP contribution >= 0.6 is 0 Å². The molecule has 4 N–H and O–H groups in total. The van der Waals surface area contributed by atoms with Crippen molar-refractivity contribution in [3.05, 3.63) is 24.7 Å². The summed E-state index contributed by atoms with van der Waals surface area (Å²) in [6.45, 7) is 5.18. The van der Waals surface area contributed by atoms with Gasteiger partial charge in [-0.1, -0.05) is 12.7 Å². The van der Waals surface area contributed by atoms with Crippen LogP contribution in [-0.2, 0) is 9.47 Å². The van der Waals surface area contributed by atoms with Crippen LogP contribution in [0.3, 0.4) is 0 Å². The number of rotatable bonds is 4. The van der Waals surface area contributed by atoms with E-state index in [0.29, 0.717) is 16.9 Å². The molecule has 8 nitrogen and oxygen atoms in total. The molecule has 23 heavy (non-hydrogen) atoms. The highest BCUT2D eigenvalue weighted by Crippen LogP contribution is 2.42. The number of nitrogens with two attached hydrogens (primary N) is 1. The fraction of sp³-hybridized carbons (Fsp3) is 0.467. The molecule has 1 saturated heterocycles. The first kappa shape index (κ1) is 15.9. The predicted molar refractivity (Wildman–Crippen MR) is 84.4 cm³/mol. The van der Waals surface area contributed by atoms with Gasteiger partial charge in [-0.15, -0.1) is 0 Å². The Morgan fingerprint density at radius 3 is 2.91 bits per heavy atom. The first-order chi connectivity index (χ1) is 11.0. The van der Waals surface area contributed by atoms with Crippen molar-refractivity contribution >= 4 is 22.9 Å². The molecule has 124 valence electrons. The molecule has 8 heteroatoms. The van der Waals surface area contributed by atoms with Crippen LogP contribution in [0.5, 0.6) is 0 Å². The van der Waals surface area contributed by atoms with E-state index in [2.05, 4.69) is 16.5 Å². The Morgan fingerprint density at radius 2 is 2.30 bits per heavy atom. The van der Waals surface area contributed by atoms with Crippen LogP contribution in [0.4, 0.5) is 5.82 Å². The minimum absolute atomic E-state index is 0.318. The van der Waals surface area contributed by atoms with Crippen LogP contribution in [0.2, 0.25) is 0 Å². The highest BCUT2D eigenvalue weighted by atomic mass is 16.6. The third-order valence-electron chi connectivity index (χ3n) is 4.49. The van der Waals surface area contributed by atoms with E-state index in [-0.39, 0.29) is 6.61 Å². The Balaban J connectivity index is 2.20. The molecule has 3 heterocycles. The molecule has 1 fully saturated rings. The number of aliphatic hydroxyl groups excluding tert-OH is 2. The van der Waals surface area contributed by atoms with Crippen LogP contribution in [-0.4, -0.2) is 56.3 Å². The summed E-state index contributed by atoms with van der Waals surface area (Å²) < 4.78 is 13.1. The maximum absolute atomic E-state index is 10.4. The zero-order chi connectivity index (χ0) is 16.8. The summed E-state index contributed by atoms with van der Waals surface area (Å²) in [6.07, 6.45) is 2.35. The Bertz CT molecular complexity index is 746. The number of methoxy groups -OCH3 is 1. The molecule has 0 radical (unpaired) electrons. The van der Waals surface area contributed by atoms with Gasteiger partial charge in [0, 0.05) is 18.9 Å². The number of ether oxygens (including phenoxy) is 2. The van der Waals surface area contributed by atoms with E-state index in [1.165, 1.54) is 13.4 Å². The molecule has 0 spiro atoms. The maximum atomic E-state index is 10.4. The van der Waals surface area contributed by atoms with Gasteiger partial charge < -0.3 is 30.0 Å². The molecule has 0 aromatic carbocycles. The van der Waals surface area contributed by atoms with Crippen molar-refractivity contribution in [2.24, 2.45) is 0 Å². The Morgan fingerprint density at radius 1 is 1.57 bits per heavy atom. The van der Waals surface area contributed by atoms with E-state index in [1.807, 2.05) is 0 Å². The van der Waals surface area contributed by atoms with E-state index in [0.717, 1.165) is 5.56 Å². The molecule has 2 unspecified atom stereocenters. The van der Waals surface area contributed by atoms with Crippen molar-refractivity contribution in [2.75, 3.05) is 19.5 Å². The van der Waals surface area contributed by atoms with E-state index in [4.69, 9.17) is 15.2 Å². The normalized spacial score (nSPS) is 30.9. The number of nitrogen functional groups attached to an aromatic ring is 1. The number of hydrogen-bond donors (Lipinski definition) is 3. The first-order valence-corrected chi connectivity index (χ1v) is 7.21. The second kappa shape index (κ2) is 5.57. The summed E-state index contributed by atoms with van der Waals surface area (Å²) in [5.74, 6) is 0.333. The fourth-order valence-corrected chi connectivity index (χ4v) is 3.07. The molecular weight excluding hydrogens is 300 g/mol. The lowest BCUT2D eigenvalue weighted by atomic mass is 9.96. The Kier molecular flexibility index (Phi) is 3.85. The van der Waals surface area contributed by atoms with Gasteiger partial charge in [-0.2, -0.15) is 0 Å². The number of hydrogen-bond acceptors (Lipinski definition) is 7. The zero-order valence-corrected chi connectivity index (χ0v) is 13.0. The SMILES string of the molecule is C=Cc1cn([C@@H]2OC(CO)C(O)[C@@]2(C)OC)c2ncnc(N)c12. The van der Waals surface area contributed by atoms with Crippen molar-refractivity contribution in [3.63, 3.8) is 0 Å². The highest BCUT2D eigenvalue weighted by Gasteiger charge is 2.54. The van der Waals surface area contributed by atoms with E-state index in [1.54, 1.807) is 23.8 Å². The minimum Gasteiger partial charge on any atom is -0.394 e. The van der Waals surface area contributed by atoms with Gasteiger partial charge in [0.25, 0.3) is 0 Å². The minimum atomic E-state index is -1.06. The van der Waals surface area contributed by atoms with Crippen molar-refractivity contribution in [2.45, 2.75) is 31.0 Å². The van der Waals surface area contributed by atoms with Crippen LogP contribution in [0.1, 0.15) is 18.7 Å². The number of anilines is 1. The Labute approximate surface area is 133 Å². The molecule has 4 atom stereocenters. The van der Waals surface area contributed by atoms with Crippen molar-refractivity contribution < 1.29 is 19.7 Å². The molecule has 0 aliphatic carbocycles. The summed E-state index contributed by atoms with van der Waals surface area (Å²) in [5, 5.41) is 20.5. The number of aliphatic hydroxyl groups is 2. The number of fused-ring (bicyclic) bond motifs is 1. The molecule has 0 amide bonds. The van der Waals surface area contributed by atoms with Crippen LogP contribution in [0.25, 0.3) is 17.1 Å². The molecule has 2 aromatic heterocycles. The van der Waals surface area contributed by atoms with E-state index >= 15 is 0 Å². The average molecular weight is 320 g/mol. The molecular formula is C15H20N4O4. The van der Waals surface area contributed by atoms with Crippen LogP contribution < -0.4 is 5.73 Å². The van der Waals surface area contributed by atoms with Gasteiger partial charge in [0.05, 0.1) is 12.0 Å². The quantitative estimate of drug-likeness (QED) is 0.742. The van der Waals surface area contributed by atoms with Gasteiger partial charge in [0.2, 0.25) is 0 Å². The molecule has 3 rings (SSSR count). The summed E-state index contributed by atoms with van der Waals surface area (Å²) in [7, 11) is 1.49. The van der Waals surface area contributed by atoms with Gasteiger partial charge in [-0.25, -0.2) is 9.97 Å². The predicted octanol–water partition coefficient (Wildman–Crippen LogP) is 0.312. The van der Waals surface area contributed by atoms with Crippen LogP contribution in [0.15, 0.2) is 19.1 Å². The lowest BCUT2D eigenvalue weighted by molar-refractivity contribution is -0.118. The lowest BCUT2D eigenvalue weighted by Gasteiger charge is -2.31. The highest BCUT2D eigenvalue weighted by molar-refractivity contribution is 5.94. The second-order valence-electron chi connectivity index (χ2n) is 5.70. The number of nitrogens with zero attached hydrogens (tertiary/aromatic N) is 3. The van der Waals surface area contributed by atoms with E-state index < -0.39 is 24.0 Å². The largest absolute Gasteiger partial charge is 0.394 e. The van der Waals surface area contributed by atoms with Gasteiger partial charge >= 0.3 is 0 Å². The van der Waals surface area contributed by atoms with Crippen LogP contribution in [0, 0.1) is 0 Å². The summed E-state index contributed by atoms with van der Waals surface area (Å²) in [4.78, 5) is 8.28. The molecule has 0 bridgehead atoms. The molecule has 2 aromatic rings. The Hall–Kier alpha value is -2.00. The zero-order valence-electron chi connectivity index (χ0n) is 13.0. The standard InChI is InChI=1S/C15H20N4O4/c1-4-8-5-19(13-10(8)12(16)17-7-18-13)14-15(2,22-3)11(21)9(6-20)23-14/h4-5,7,9,11,14,20-21H,1,6H2,2-3H3,(H2,16,17,18)/t9?,11?,14-,15-/m1/s1. The molecule has 1 aliphatic rings. The van der Waals surface area contributed by atoms with Crippen molar-refractivity contribution in [3.8, 4) is 0 Å². The molecule has 1 aliphatic heterocycles. The summed E-state index contributed by atoms with van der Waals surface area (Å²) in [5.41, 5.74) is 6.19. The van der Waals surface area contributed by atoms with Gasteiger partial charge in [-0.3, -0.25) is 0 Å². The average Bonchev–Trinajstić information content (AvgIpc) is 3.05. The van der Waals surface area contributed by atoms with Crippen molar-refractivity contribution in [1.29, 1.82) is 0 Å². The fourth-order valence-electron chi connectivity index (χ4n) is 3.07. The second-order valence-corrected chi connectivity index (χ2v) is 5.70. The van der Waals surface area contributed by atoms with Crippen molar-refractivity contribution in [1.82, 2.24) is 14.5 Å². The van der Waals surface area contributed by atoms with Gasteiger partial charge in [0.15, 0.2) is 6.23 Å². The molecule has 0 saturated carbocycles. The monoisotopic (exact) mass is 320 g/mol. The van der Waals surface area contributed by atoms with Gasteiger partial charge in [-0.05, 0) is 6.92 Å². The third kappa shape index (κ3) is 2.14. The smallest absolute Gasteiger partial charge is 0.167 e. The summed E-state index contributed by atoms with van der Waals surface area (Å²) in [6, 6.07) is 0. The number of aromatic nitrogens is 3. The third-order valence-corrected chi connectivity index (χ3v) is 4.49. The first-order valence-electron chi connectivity index (χ1n) is 7.21.